The van der Waals surface area contributed by atoms with Gasteiger partial charge in [-0.3, -0.25) is 4.79 Å². The molecule has 0 aliphatic rings. The molecule has 0 saturated carbocycles. The average molecular weight is 410 g/mol. The molecule has 1 N–H and O–H groups in total. The first kappa shape index (κ1) is 20.9. The number of rotatable bonds is 7. The van der Waals surface area contributed by atoms with Gasteiger partial charge in [-0.15, -0.1) is 0 Å². The second kappa shape index (κ2) is 9.01. The SMILES string of the molecule is CCS(=O)(=O)c1ccccc1C(=O)O[C@H](C)C(=O)NCc1ccccc1Cl. The van der Waals surface area contributed by atoms with Crippen molar-refractivity contribution in [1.82, 2.24) is 5.32 Å². The van der Waals surface area contributed by atoms with Crippen molar-refractivity contribution in [2.24, 2.45) is 0 Å². The van der Waals surface area contributed by atoms with Gasteiger partial charge in [-0.05, 0) is 30.7 Å². The number of esters is 1. The molecule has 0 unspecified atom stereocenters. The Labute approximate surface area is 163 Å². The molecule has 2 aromatic carbocycles. The van der Waals surface area contributed by atoms with E-state index in [1.54, 1.807) is 24.3 Å². The van der Waals surface area contributed by atoms with Crippen LogP contribution in [0.3, 0.4) is 0 Å². The van der Waals surface area contributed by atoms with Crippen molar-refractivity contribution in [3.8, 4) is 0 Å². The van der Waals surface area contributed by atoms with Crippen LogP contribution < -0.4 is 5.32 Å². The highest BCUT2D eigenvalue weighted by molar-refractivity contribution is 7.91. The van der Waals surface area contributed by atoms with Crippen LogP contribution in [0.15, 0.2) is 53.4 Å². The van der Waals surface area contributed by atoms with Crippen molar-refractivity contribution >= 4 is 33.3 Å². The normalized spacial score (nSPS) is 12.3. The minimum atomic E-state index is -3.60. The second-order valence-electron chi connectivity index (χ2n) is 5.76. The molecule has 0 aromatic heterocycles. The smallest absolute Gasteiger partial charge is 0.340 e. The third-order valence-electron chi connectivity index (χ3n) is 3.89. The Hall–Kier alpha value is -2.38. The predicted octanol–water partition coefficient (Wildman–Crippen LogP) is 3.00. The largest absolute Gasteiger partial charge is 0.449 e. The lowest BCUT2D eigenvalue weighted by Crippen LogP contribution is -2.35. The Balaban J connectivity index is 2.06. The topological polar surface area (TPSA) is 89.5 Å². The van der Waals surface area contributed by atoms with Crippen molar-refractivity contribution in [3.05, 3.63) is 64.7 Å². The lowest BCUT2D eigenvalue weighted by Gasteiger charge is -2.15. The summed E-state index contributed by atoms with van der Waals surface area (Å²) in [6.07, 6.45) is -1.10. The standard InChI is InChI=1S/C19H20ClNO5S/c1-3-27(24,25)17-11-7-5-9-15(17)19(23)26-13(2)18(22)21-12-14-8-4-6-10-16(14)20/h4-11,13H,3,12H2,1-2H3,(H,21,22)/t13-/m1/s1. The van der Waals surface area contributed by atoms with E-state index in [9.17, 15) is 18.0 Å². The number of carbonyl (C=O) groups excluding carboxylic acids is 2. The molecule has 2 rings (SSSR count). The maximum Gasteiger partial charge on any atom is 0.340 e. The Morgan fingerprint density at radius 2 is 1.74 bits per heavy atom. The first-order valence-corrected chi connectivity index (χ1v) is 10.3. The van der Waals surface area contributed by atoms with Gasteiger partial charge in [0.05, 0.1) is 16.2 Å². The monoisotopic (exact) mass is 409 g/mol. The summed E-state index contributed by atoms with van der Waals surface area (Å²) < 4.78 is 29.4. The summed E-state index contributed by atoms with van der Waals surface area (Å²) in [4.78, 5) is 24.5. The van der Waals surface area contributed by atoms with Gasteiger partial charge in [0.1, 0.15) is 0 Å². The second-order valence-corrected chi connectivity index (χ2v) is 8.41. The predicted molar refractivity (Wildman–Crippen MR) is 102 cm³/mol. The molecule has 0 saturated heterocycles. The van der Waals surface area contributed by atoms with Crippen molar-refractivity contribution in [2.45, 2.75) is 31.4 Å². The molecule has 8 heteroatoms. The van der Waals surface area contributed by atoms with Gasteiger partial charge in [-0.1, -0.05) is 48.9 Å². The number of amides is 1. The van der Waals surface area contributed by atoms with Crippen LogP contribution in [0, 0.1) is 0 Å². The Bertz CT molecular complexity index is 943. The summed E-state index contributed by atoms with van der Waals surface area (Å²) in [6.45, 7) is 3.08. The van der Waals surface area contributed by atoms with Crippen LogP contribution in [0.25, 0.3) is 0 Å². The highest BCUT2D eigenvalue weighted by Crippen LogP contribution is 2.19. The molecule has 0 bridgehead atoms. The average Bonchev–Trinajstić information content (AvgIpc) is 2.67. The molecule has 0 aliphatic heterocycles. The molecule has 0 spiro atoms. The van der Waals surface area contributed by atoms with E-state index in [1.165, 1.54) is 38.1 Å². The molecule has 27 heavy (non-hydrogen) atoms. The first-order chi connectivity index (χ1) is 12.8. The lowest BCUT2D eigenvalue weighted by atomic mass is 10.2. The zero-order chi connectivity index (χ0) is 20.0. The summed E-state index contributed by atoms with van der Waals surface area (Å²) >= 11 is 6.03. The zero-order valence-electron chi connectivity index (χ0n) is 14.9. The molecular weight excluding hydrogens is 390 g/mol. The Kier molecular flexibility index (Phi) is 6.98. The molecule has 2 aromatic rings. The summed E-state index contributed by atoms with van der Waals surface area (Å²) in [6, 6.07) is 12.8. The van der Waals surface area contributed by atoms with Gasteiger partial charge in [0.25, 0.3) is 5.91 Å². The molecule has 6 nitrogen and oxygen atoms in total. The van der Waals surface area contributed by atoms with Crippen LogP contribution in [0.1, 0.15) is 29.8 Å². The fourth-order valence-electron chi connectivity index (χ4n) is 2.31. The van der Waals surface area contributed by atoms with Gasteiger partial charge < -0.3 is 10.1 Å². The van der Waals surface area contributed by atoms with Gasteiger partial charge >= 0.3 is 5.97 Å². The maximum atomic E-state index is 12.4. The van der Waals surface area contributed by atoms with Gasteiger partial charge in [-0.25, -0.2) is 13.2 Å². The van der Waals surface area contributed by atoms with E-state index in [-0.39, 0.29) is 22.8 Å². The number of halogens is 1. The molecule has 0 radical (unpaired) electrons. The minimum Gasteiger partial charge on any atom is -0.449 e. The number of ether oxygens (including phenoxy) is 1. The van der Waals surface area contributed by atoms with Crippen LogP contribution in [0.4, 0.5) is 0 Å². The van der Waals surface area contributed by atoms with E-state index in [4.69, 9.17) is 16.3 Å². The Morgan fingerprint density at radius 3 is 2.41 bits per heavy atom. The van der Waals surface area contributed by atoms with Crippen molar-refractivity contribution in [1.29, 1.82) is 0 Å². The molecule has 1 atom stereocenters. The fraction of sp³-hybridized carbons (Fsp3) is 0.263. The van der Waals surface area contributed by atoms with Crippen LogP contribution in [-0.4, -0.2) is 32.2 Å². The van der Waals surface area contributed by atoms with Crippen molar-refractivity contribution in [2.75, 3.05) is 5.75 Å². The molecule has 144 valence electrons. The summed E-state index contributed by atoms with van der Waals surface area (Å²) in [5.74, 6) is -1.53. The fourth-order valence-corrected chi connectivity index (χ4v) is 3.59. The van der Waals surface area contributed by atoms with E-state index >= 15 is 0 Å². The quantitative estimate of drug-likeness (QED) is 0.710. The van der Waals surface area contributed by atoms with Crippen molar-refractivity contribution in [3.63, 3.8) is 0 Å². The van der Waals surface area contributed by atoms with Gasteiger partial charge in [0.15, 0.2) is 15.9 Å². The van der Waals surface area contributed by atoms with Gasteiger partial charge in [-0.2, -0.15) is 0 Å². The lowest BCUT2D eigenvalue weighted by molar-refractivity contribution is -0.129. The molecule has 0 fully saturated rings. The molecule has 0 heterocycles. The summed E-state index contributed by atoms with van der Waals surface area (Å²) in [5, 5.41) is 3.15. The van der Waals surface area contributed by atoms with Crippen LogP contribution in [-0.2, 0) is 25.9 Å². The highest BCUT2D eigenvalue weighted by Gasteiger charge is 2.25. The maximum absolute atomic E-state index is 12.4. The van der Waals surface area contributed by atoms with E-state index < -0.39 is 27.8 Å². The Morgan fingerprint density at radius 1 is 1.11 bits per heavy atom. The highest BCUT2D eigenvalue weighted by atomic mass is 35.5. The van der Waals surface area contributed by atoms with Crippen LogP contribution in [0.5, 0.6) is 0 Å². The number of carbonyl (C=O) groups is 2. The van der Waals surface area contributed by atoms with Gasteiger partial charge in [0.2, 0.25) is 0 Å². The number of hydrogen-bond acceptors (Lipinski definition) is 5. The van der Waals surface area contributed by atoms with Crippen LogP contribution >= 0.6 is 11.6 Å². The number of hydrogen-bond donors (Lipinski definition) is 1. The summed E-state index contributed by atoms with van der Waals surface area (Å²) in [7, 11) is -3.60. The third-order valence-corrected chi connectivity index (χ3v) is 6.04. The number of nitrogens with one attached hydrogen (secondary N) is 1. The zero-order valence-corrected chi connectivity index (χ0v) is 16.5. The van der Waals surface area contributed by atoms with E-state index in [0.29, 0.717) is 5.02 Å². The molecule has 1 amide bonds. The third kappa shape index (κ3) is 5.30. The van der Waals surface area contributed by atoms with E-state index in [2.05, 4.69) is 5.32 Å². The van der Waals surface area contributed by atoms with E-state index in [1.807, 2.05) is 0 Å². The number of sulfone groups is 1. The van der Waals surface area contributed by atoms with Crippen molar-refractivity contribution < 1.29 is 22.7 Å². The van der Waals surface area contributed by atoms with E-state index in [0.717, 1.165) is 5.56 Å². The summed E-state index contributed by atoms with van der Waals surface area (Å²) in [5.41, 5.74) is 0.635. The van der Waals surface area contributed by atoms with Crippen LogP contribution in [0.2, 0.25) is 5.02 Å². The minimum absolute atomic E-state index is 0.0925. The number of benzene rings is 2. The molecule has 0 aliphatic carbocycles. The van der Waals surface area contributed by atoms with Gasteiger partial charge in [0, 0.05) is 11.6 Å². The molecular formula is C19H20ClNO5S. The first-order valence-electron chi connectivity index (χ1n) is 8.30.